The van der Waals surface area contributed by atoms with E-state index in [9.17, 15) is 14.4 Å². The summed E-state index contributed by atoms with van der Waals surface area (Å²) in [6.07, 6.45) is -1.16. The van der Waals surface area contributed by atoms with Crippen LogP contribution in [0.2, 0.25) is 0 Å². The number of nitrogens with zero attached hydrogens (tertiary/aromatic N) is 1. The van der Waals surface area contributed by atoms with Crippen molar-refractivity contribution < 1.29 is 19.1 Å². The maximum Gasteiger partial charge on any atom is 0.308 e. The number of thioether (sulfide) groups is 1. The Balaban J connectivity index is 1.53. The first-order valence-electron chi connectivity index (χ1n) is 8.53. The molecule has 0 aromatic heterocycles. The van der Waals surface area contributed by atoms with E-state index in [2.05, 4.69) is 10.6 Å². The van der Waals surface area contributed by atoms with Gasteiger partial charge in [-0.3, -0.25) is 14.4 Å². The molecular formula is C20H17N3O4S. The maximum atomic E-state index is 12.2. The topological polar surface area (TPSA) is 108 Å². The van der Waals surface area contributed by atoms with Crippen molar-refractivity contribution >= 4 is 40.9 Å². The van der Waals surface area contributed by atoms with Crippen LogP contribution in [-0.2, 0) is 19.1 Å². The quantitative estimate of drug-likeness (QED) is 0.754. The Bertz CT molecular complexity index is 953. The van der Waals surface area contributed by atoms with Gasteiger partial charge in [-0.2, -0.15) is 5.26 Å². The summed E-state index contributed by atoms with van der Waals surface area (Å²) in [5.41, 5.74) is 1.69. The number of fused-ring (bicyclic) bond motifs is 1. The number of amides is 2. The summed E-state index contributed by atoms with van der Waals surface area (Å²) >= 11 is 1.30. The van der Waals surface area contributed by atoms with Gasteiger partial charge in [0.05, 0.1) is 29.0 Å². The lowest BCUT2D eigenvalue weighted by Crippen LogP contribution is -2.34. The molecule has 2 atom stereocenters. The Morgan fingerprint density at radius 2 is 1.96 bits per heavy atom. The Kier molecular flexibility index (Phi) is 5.96. The summed E-state index contributed by atoms with van der Waals surface area (Å²) in [6, 6.07) is 15.7. The lowest BCUT2D eigenvalue weighted by molar-refractivity contribution is -0.153. The van der Waals surface area contributed by atoms with Gasteiger partial charge in [-0.25, -0.2) is 0 Å². The standard InChI is InChI=1S/C20H17N3O4S/c1-12(19(25)22-14-8-6-13(11-21)7-9-14)27-18(24)10-17-20(26)23-15-4-2-3-5-16(15)28-17/h2-9,12,17H,10H2,1H3,(H,22,25)(H,23,26)/t12-,17+/m1/s1. The lowest BCUT2D eigenvalue weighted by atomic mass is 10.2. The molecule has 0 fully saturated rings. The highest BCUT2D eigenvalue weighted by molar-refractivity contribution is 8.01. The van der Waals surface area contributed by atoms with Gasteiger partial charge in [-0.1, -0.05) is 12.1 Å². The third kappa shape index (κ3) is 4.69. The molecule has 0 unspecified atom stereocenters. The lowest BCUT2D eigenvalue weighted by Gasteiger charge is -2.23. The number of anilines is 2. The van der Waals surface area contributed by atoms with Crippen molar-refractivity contribution in [3.63, 3.8) is 0 Å². The minimum Gasteiger partial charge on any atom is -0.452 e. The van der Waals surface area contributed by atoms with Gasteiger partial charge in [0.1, 0.15) is 0 Å². The second kappa shape index (κ2) is 8.59. The minimum absolute atomic E-state index is 0.140. The molecule has 7 nitrogen and oxygen atoms in total. The average molecular weight is 395 g/mol. The number of benzene rings is 2. The molecule has 1 heterocycles. The number of rotatable bonds is 5. The van der Waals surface area contributed by atoms with Gasteiger partial charge < -0.3 is 15.4 Å². The molecule has 0 bridgehead atoms. The van der Waals surface area contributed by atoms with Crippen LogP contribution in [0.25, 0.3) is 0 Å². The maximum absolute atomic E-state index is 12.2. The molecule has 0 saturated heterocycles. The van der Waals surface area contributed by atoms with Crippen molar-refractivity contribution in [1.29, 1.82) is 5.26 Å². The SMILES string of the molecule is C[C@@H](OC(=O)C[C@@H]1Sc2ccccc2NC1=O)C(=O)Nc1ccc(C#N)cc1. The molecule has 142 valence electrons. The van der Waals surface area contributed by atoms with Crippen LogP contribution in [0.4, 0.5) is 11.4 Å². The molecule has 2 aromatic carbocycles. The van der Waals surface area contributed by atoms with E-state index < -0.39 is 23.2 Å². The van der Waals surface area contributed by atoms with Crippen LogP contribution < -0.4 is 10.6 Å². The molecule has 1 aliphatic heterocycles. The monoisotopic (exact) mass is 395 g/mol. The number of esters is 1. The third-order valence-electron chi connectivity index (χ3n) is 4.02. The second-order valence-electron chi connectivity index (χ2n) is 6.11. The largest absolute Gasteiger partial charge is 0.452 e. The second-order valence-corrected chi connectivity index (χ2v) is 7.35. The van der Waals surface area contributed by atoms with Gasteiger partial charge in [0.15, 0.2) is 6.10 Å². The highest BCUT2D eigenvalue weighted by Crippen LogP contribution is 2.36. The van der Waals surface area contributed by atoms with Crippen molar-refractivity contribution in [3.8, 4) is 6.07 Å². The number of carbonyl (C=O) groups is 3. The van der Waals surface area contributed by atoms with E-state index in [0.717, 1.165) is 10.6 Å². The van der Waals surface area contributed by atoms with Crippen LogP contribution >= 0.6 is 11.8 Å². The normalized spacial score (nSPS) is 16.1. The van der Waals surface area contributed by atoms with Crippen LogP contribution in [0.1, 0.15) is 18.9 Å². The summed E-state index contributed by atoms with van der Waals surface area (Å²) in [4.78, 5) is 37.4. The van der Waals surface area contributed by atoms with Gasteiger partial charge >= 0.3 is 5.97 Å². The van der Waals surface area contributed by atoms with E-state index >= 15 is 0 Å². The molecule has 2 aromatic rings. The predicted octanol–water partition coefficient (Wildman–Crippen LogP) is 2.93. The molecule has 8 heteroatoms. The van der Waals surface area contributed by atoms with Crippen LogP contribution in [0, 0.1) is 11.3 Å². The Labute approximate surface area is 166 Å². The average Bonchev–Trinajstić information content (AvgIpc) is 2.69. The predicted molar refractivity (Wildman–Crippen MR) is 105 cm³/mol. The van der Waals surface area contributed by atoms with Gasteiger partial charge in [0.25, 0.3) is 5.91 Å². The number of para-hydroxylation sites is 1. The number of ether oxygens (including phenoxy) is 1. The molecule has 3 rings (SSSR count). The minimum atomic E-state index is -1.02. The van der Waals surface area contributed by atoms with Crippen LogP contribution in [0.5, 0.6) is 0 Å². The summed E-state index contributed by atoms with van der Waals surface area (Å²) in [5, 5.41) is 13.5. The number of carbonyl (C=O) groups excluding carboxylic acids is 3. The molecule has 0 spiro atoms. The highest BCUT2D eigenvalue weighted by atomic mass is 32.2. The van der Waals surface area contributed by atoms with E-state index in [4.69, 9.17) is 10.00 Å². The van der Waals surface area contributed by atoms with Crippen LogP contribution in [-0.4, -0.2) is 29.1 Å². The highest BCUT2D eigenvalue weighted by Gasteiger charge is 2.30. The van der Waals surface area contributed by atoms with E-state index in [1.165, 1.54) is 18.7 Å². The fraction of sp³-hybridized carbons (Fsp3) is 0.200. The van der Waals surface area contributed by atoms with Gasteiger partial charge in [-0.15, -0.1) is 11.8 Å². The summed E-state index contributed by atoms with van der Waals surface area (Å²) in [5.74, 6) is -1.39. The molecule has 2 amide bonds. The van der Waals surface area contributed by atoms with Crippen molar-refractivity contribution in [2.24, 2.45) is 0 Å². The Morgan fingerprint density at radius 3 is 2.68 bits per heavy atom. The first-order chi connectivity index (χ1) is 13.5. The van der Waals surface area contributed by atoms with Gasteiger partial charge in [-0.05, 0) is 43.3 Å². The zero-order valence-electron chi connectivity index (χ0n) is 15.0. The Morgan fingerprint density at radius 1 is 1.25 bits per heavy atom. The first-order valence-corrected chi connectivity index (χ1v) is 9.41. The third-order valence-corrected chi connectivity index (χ3v) is 5.29. The fourth-order valence-electron chi connectivity index (χ4n) is 2.55. The smallest absolute Gasteiger partial charge is 0.308 e. The van der Waals surface area contributed by atoms with E-state index in [-0.39, 0.29) is 12.3 Å². The number of hydrogen-bond acceptors (Lipinski definition) is 6. The summed E-state index contributed by atoms with van der Waals surface area (Å²) < 4.78 is 5.17. The molecule has 2 N–H and O–H groups in total. The van der Waals surface area contributed by atoms with Crippen molar-refractivity contribution in [1.82, 2.24) is 0 Å². The summed E-state index contributed by atoms with van der Waals surface area (Å²) in [6.45, 7) is 1.46. The van der Waals surface area contributed by atoms with E-state index in [1.54, 1.807) is 30.3 Å². The van der Waals surface area contributed by atoms with E-state index in [0.29, 0.717) is 11.3 Å². The zero-order chi connectivity index (χ0) is 20.1. The molecule has 0 aliphatic carbocycles. The van der Waals surface area contributed by atoms with Gasteiger partial charge in [0, 0.05) is 10.6 Å². The number of nitriles is 1. The molecule has 28 heavy (non-hydrogen) atoms. The van der Waals surface area contributed by atoms with Crippen molar-refractivity contribution in [2.75, 3.05) is 10.6 Å². The number of hydrogen-bond donors (Lipinski definition) is 2. The van der Waals surface area contributed by atoms with Crippen LogP contribution in [0.3, 0.4) is 0 Å². The van der Waals surface area contributed by atoms with Crippen LogP contribution in [0.15, 0.2) is 53.4 Å². The summed E-state index contributed by atoms with van der Waals surface area (Å²) in [7, 11) is 0. The molecule has 0 radical (unpaired) electrons. The van der Waals surface area contributed by atoms with Crippen molar-refractivity contribution in [2.45, 2.75) is 29.6 Å². The number of nitrogens with one attached hydrogen (secondary N) is 2. The molecule has 1 aliphatic rings. The Hall–Kier alpha value is -3.31. The van der Waals surface area contributed by atoms with Crippen molar-refractivity contribution in [3.05, 3.63) is 54.1 Å². The van der Waals surface area contributed by atoms with Gasteiger partial charge in [0.2, 0.25) is 5.91 Å². The molecule has 0 saturated carbocycles. The zero-order valence-corrected chi connectivity index (χ0v) is 15.8. The fourth-order valence-corrected chi connectivity index (χ4v) is 3.64. The van der Waals surface area contributed by atoms with E-state index in [1.807, 2.05) is 24.3 Å². The first kappa shape index (κ1) is 19.5. The molecular weight excluding hydrogens is 378 g/mol.